The van der Waals surface area contributed by atoms with Crippen LogP contribution >= 0.6 is 0 Å². The maximum Gasteiger partial charge on any atom is 0.410 e. The molecule has 1 aliphatic rings. The number of aliphatic carboxylic acids is 1. The van der Waals surface area contributed by atoms with Gasteiger partial charge >= 0.3 is 12.1 Å². The lowest BCUT2D eigenvalue weighted by atomic mass is 9.97. The number of nitrogens with zero attached hydrogens (tertiary/aromatic N) is 2. The summed E-state index contributed by atoms with van der Waals surface area (Å²) in [6, 6.07) is 9.79. The van der Waals surface area contributed by atoms with Crippen LogP contribution in [-0.4, -0.2) is 59.2 Å². The Kier molecular flexibility index (Phi) is 7.25. The third-order valence-corrected chi connectivity index (χ3v) is 4.54. The lowest BCUT2D eigenvalue weighted by Crippen LogP contribution is -2.46. The van der Waals surface area contributed by atoms with E-state index in [1.807, 2.05) is 49.1 Å². The van der Waals surface area contributed by atoms with E-state index in [4.69, 9.17) is 9.84 Å². The summed E-state index contributed by atoms with van der Waals surface area (Å²) in [5.41, 5.74) is 0.969. The minimum Gasteiger partial charge on any atom is -0.480 e. The number of carboxylic acids is 1. The van der Waals surface area contributed by atoms with Crippen molar-refractivity contribution in [2.45, 2.75) is 39.3 Å². The lowest BCUT2D eigenvalue weighted by molar-refractivity contribution is -0.139. The third kappa shape index (κ3) is 6.38. The zero-order chi connectivity index (χ0) is 18.2. The van der Waals surface area contributed by atoms with Crippen LogP contribution in [0.3, 0.4) is 0 Å². The molecule has 1 saturated heterocycles. The van der Waals surface area contributed by atoms with Gasteiger partial charge in [-0.3, -0.25) is 9.69 Å². The molecule has 1 aliphatic heterocycles. The number of ether oxygens (including phenoxy) is 1. The van der Waals surface area contributed by atoms with Gasteiger partial charge in [0.15, 0.2) is 0 Å². The molecule has 25 heavy (non-hydrogen) atoms. The molecule has 0 bridgehead atoms. The van der Waals surface area contributed by atoms with Crippen molar-refractivity contribution in [2.24, 2.45) is 5.92 Å². The van der Waals surface area contributed by atoms with Crippen LogP contribution in [0.25, 0.3) is 0 Å². The van der Waals surface area contributed by atoms with Crippen LogP contribution in [0, 0.1) is 5.92 Å². The number of carbonyl (C=O) groups excluding carboxylic acids is 1. The number of piperidine rings is 1. The van der Waals surface area contributed by atoms with Crippen molar-refractivity contribution in [1.82, 2.24) is 9.80 Å². The second-order valence-electron chi connectivity index (χ2n) is 6.91. The summed E-state index contributed by atoms with van der Waals surface area (Å²) >= 11 is 0. The van der Waals surface area contributed by atoms with Gasteiger partial charge in [0.2, 0.25) is 0 Å². The summed E-state index contributed by atoms with van der Waals surface area (Å²) in [5.74, 6) is -0.539. The van der Waals surface area contributed by atoms with Gasteiger partial charge in [0.05, 0.1) is 6.54 Å². The monoisotopic (exact) mass is 348 g/mol. The zero-order valence-electron chi connectivity index (χ0n) is 15.1. The molecule has 1 unspecified atom stereocenters. The number of likely N-dealkylation sites (tertiary alicyclic amines) is 1. The van der Waals surface area contributed by atoms with Gasteiger partial charge in [-0.1, -0.05) is 30.3 Å². The molecule has 0 saturated carbocycles. The van der Waals surface area contributed by atoms with Crippen LogP contribution < -0.4 is 0 Å². The van der Waals surface area contributed by atoms with E-state index in [-0.39, 0.29) is 31.2 Å². The average Bonchev–Trinajstić information content (AvgIpc) is 2.60. The highest BCUT2D eigenvalue weighted by Gasteiger charge is 2.27. The third-order valence-electron chi connectivity index (χ3n) is 4.54. The second kappa shape index (κ2) is 9.42. The summed E-state index contributed by atoms with van der Waals surface area (Å²) in [6.45, 7) is 6.31. The molecule has 1 aromatic rings. The van der Waals surface area contributed by atoms with Gasteiger partial charge in [0, 0.05) is 25.7 Å². The van der Waals surface area contributed by atoms with Gasteiger partial charge in [-0.2, -0.15) is 0 Å². The average molecular weight is 348 g/mol. The van der Waals surface area contributed by atoms with Gasteiger partial charge in [-0.25, -0.2) is 4.79 Å². The van der Waals surface area contributed by atoms with E-state index in [2.05, 4.69) is 0 Å². The van der Waals surface area contributed by atoms with Crippen LogP contribution in [0.5, 0.6) is 0 Å². The lowest BCUT2D eigenvalue weighted by Gasteiger charge is -2.36. The Hall–Kier alpha value is -2.08. The van der Waals surface area contributed by atoms with E-state index < -0.39 is 5.97 Å². The summed E-state index contributed by atoms with van der Waals surface area (Å²) in [6.07, 6.45) is 1.64. The van der Waals surface area contributed by atoms with Crippen molar-refractivity contribution >= 4 is 12.1 Å². The number of hydrogen-bond donors (Lipinski definition) is 1. The molecule has 138 valence electrons. The van der Waals surface area contributed by atoms with Crippen molar-refractivity contribution in [3.63, 3.8) is 0 Å². The molecular formula is C19H28N2O4. The number of benzene rings is 1. The Balaban J connectivity index is 1.84. The van der Waals surface area contributed by atoms with Crippen LogP contribution in [0.15, 0.2) is 30.3 Å². The predicted octanol–water partition coefficient (Wildman–Crippen LogP) is 2.83. The zero-order valence-corrected chi connectivity index (χ0v) is 15.1. The van der Waals surface area contributed by atoms with Gasteiger partial charge in [-0.15, -0.1) is 0 Å². The Morgan fingerprint density at radius 2 is 2.04 bits per heavy atom. The topological polar surface area (TPSA) is 70.1 Å². The number of amides is 1. The standard InChI is InChI=1S/C19H28N2O4/c1-15(2)21(13-18(22)23)12-17-9-6-10-20(11-17)19(24)25-14-16-7-4-3-5-8-16/h3-5,7-8,15,17H,6,9-14H2,1-2H3,(H,22,23). The SMILES string of the molecule is CC(C)N(CC(=O)O)CC1CCCN(C(=O)OCc2ccccc2)C1. The molecule has 6 heteroatoms. The van der Waals surface area contributed by atoms with Gasteiger partial charge in [-0.05, 0) is 38.2 Å². The molecule has 1 amide bonds. The maximum absolute atomic E-state index is 12.3. The van der Waals surface area contributed by atoms with Crippen molar-refractivity contribution in [1.29, 1.82) is 0 Å². The number of carboxylic acid groups (broad SMARTS) is 1. The van der Waals surface area contributed by atoms with E-state index in [1.165, 1.54) is 0 Å². The highest BCUT2D eigenvalue weighted by molar-refractivity contribution is 5.69. The molecule has 2 rings (SSSR count). The number of rotatable bonds is 7. The minimum atomic E-state index is -0.816. The summed E-state index contributed by atoms with van der Waals surface area (Å²) in [4.78, 5) is 27.0. The van der Waals surface area contributed by atoms with Crippen molar-refractivity contribution in [3.05, 3.63) is 35.9 Å². The minimum absolute atomic E-state index is 0.0343. The van der Waals surface area contributed by atoms with Crippen LogP contribution in [0.2, 0.25) is 0 Å². The van der Waals surface area contributed by atoms with Crippen LogP contribution in [-0.2, 0) is 16.1 Å². The quantitative estimate of drug-likeness (QED) is 0.820. The number of hydrogen-bond acceptors (Lipinski definition) is 4. The molecule has 0 aliphatic carbocycles. The maximum atomic E-state index is 12.3. The van der Waals surface area contributed by atoms with Crippen LogP contribution in [0.1, 0.15) is 32.3 Å². The molecule has 1 aromatic carbocycles. The normalized spacial score (nSPS) is 17.8. The largest absolute Gasteiger partial charge is 0.480 e. The summed E-state index contributed by atoms with van der Waals surface area (Å²) in [5, 5.41) is 9.05. The van der Waals surface area contributed by atoms with Gasteiger partial charge in [0.25, 0.3) is 0 Å². The molecular weight excluding hydrogens is 320 g/mol. The molecule has 6 nitrogen and oxygen atoms in total. The Morgan fingerprint density at radius 3 is 2.68 bits per heavy atom. The smallest absolute Gasteiger partial charge is 0.410 e. The summed E-state index contributed by atoms with van der Waals surface area (Å²) < 4.78 is 5.41. The molecule has 1 fully saturated rings. The van der Waals surface area contributed by atoms with E-state index in [9.17, 15) is 9.59 Å². The molecule has 0 radical (unpaired) electrons. The van der Waals surface area contributed by atoms with E-state index in [0.29, 0.717) is 19.6 Å². The van der Waals surface area contributed by atoms with Crippen LogP contribution in [0.4, 0.5) is 4.79 Å². The first-order chi connectivity index (χ1) is 12.0. The Morgan fingerprint density at radius 1 is 1.32 bits per heavy atom. The fourth-order valence-corrected chi connectivity index (χ4v) is 3.15. The van der Waals surface area contributed by atoms with Crippen molar-refractivity contribution in [3.8, 4) is 0 Å². The first kappa shape index (κ1) is 19.2. The highest BCUT2D eigenvalue weighted by atomic mass is 16.6. The predicted molar refractivity (Wildman–Crippen MR) is 95.3 cm³/mol. The molecule has 1 heterocycles. The van der Waals surface area contributed by atoms with E-state index in [0.717, 1.165) is 18.4 Å². The molecule has 0 aromatic heterocycles. The first-order valence-electron chi connectivity index (χ1n) is 8.87. The van der Waals surface area contributed by atoms with Gasteiger partial charge in [0.1, 0.15) is 6.61 Å². The van der Waals surface area contributed by atoms with E-state index >= 15 is 0 Å². The second-order valence-corrected chi connectivity index (χ2v) is 6.91. The highest BCUT2D eigenvalue weighted by Crippen LogP contribution is 2.19. The summed E-state index contributed by atoms with van der Waals surface area (Å²) in [7, 11) is 0. The van der Waals surface area contributed by atoms with E-state index in [1.54, 1.807) is 4.90 Å². The van der Waals surface area contributed by atoms with Crippen molar-refractivity contribution < 1.29 is 19.4 Å². The first-order valence-corrected chi connectivity index (χ1v) is 8.87. The molecule has 0 spiro atoms. The molecule has 1 N–H and O–H groups in total. The van der Waals surface area contributed by atoms with Crippen molar-refractivity contribution in [2.75, 3.05) is 26.2 Å². The Bertz CT molecular complexity index is 562. The number of carbonyl (C=O) groups is 2. The molecule has 1 atom stereocenters. The fraction of sp³-hybridized carbons (Fsp3) is 0.579. The fourth-order valence-electron chi connectivity index (χ4n) is 3.15. The van der Waals surface area contributed by atoms with Gasteiger partial charge < -0.3 is 14.7 Å². The Labute approximate surface area is 149 Å².